The molecule has 1 N–H and O–H groups in total. The molecule has 0 saturated carbocycles. The Hall–Kier alpha value is -3.71. The van der Waals surface area contributed by atoms with E-state index >= 15 is 0 Å². The molecule has 0 saturated heterocycles. The highest BCUT2D eigenvalue weighted by atomic mass is 16.7. The molecule has 2 heterocycles. The van der Waals surface area contributed by atoms with Crippen LogP contribution in [0.15, 0.2) is 72.8 Å². The maximum Gasteiger partial charge on any atom is 0.342 e. The van der Waals surface area contributed by atoms with Crippen LogP contribution in [0.2, 0.25) is 0 Å². The fraction of sp³-hybridized carbons (Fsp3) is 0.208. The minimum atomic E-state index is -0.787. The lowest BCUT2D eigenvalue weighted by Crippen LogP contribution is -2.63. The van der Waals surface area contributed by atoms with Crippen LogP contribution in [0.3, 0.4) is 0 Å². The number of fused-ring (bicyclic) bond motifs is 1. The SMILES string of the molecule is CC12ON(C(=O)NCc3ccc([N+](=O)[O-])cc3)C(C)(c3ccccc31)c1ccccc12. The lowest BCUT2D eigenvalue weighted by molar-refractivity contribution is -0.384. The van der Waals surface area contributed by atoms with Crippen LogP contribution >= 0.6 is 0 Å². The maximum absolute atomic E-state index is 13.3. The van der Waals surface area contributed by atoms with Gasteiger partial charge in [0.15, 0.2) is 0 Å². The van der Waals surface area contributed by atoms with Crippen LogP contribution in [0.5, 0.6) is 0 Å². The van der Waals surface area contributed by atoms with E-state index < -0.39 is 16.1 Å². The van der Waals surface area contributed by atoms with Crippen molar-refractivity contribution in [3.63, 3.8) is 0 Å². The van der Waals surface area contributed by atoms with Gasteiger partial charge < -0.3 is 5.32 Å². The Morgan fingerprint density at radius 2 is 1.45 bits per heavy atom. The summed E-state index contributed by atoms with van der Waals surface area (Å²) in [7, 11) is 0. The molecule has 7 heteroatoms. The number of nitrogens with zero attached hydrogens (tertiary/aromatic N) is 2. The monoisotopic (exact) mass is 415 g/mol. The highest BCUT2D eigenvalue weighted by molar-refractivity contribution is 5.77. The van der Waals surface area contributed by atoms with Gasteiger partial charge in [-0.05, 0) is 41.7 Å². The first-order valence-corrected chi connectivity index (χ1v) is 10.1. The van der Waals surface area contributed by atoms with Crippen molar-refractivity contribution in [2.75, 3.05) is 0 Å². The highest BCUT2D eigenvalue weighted by Crippen LogP contribution is 2.57. The molecule has 0 aromatic heterocycles. The van der Waals surface area contributed by atoms with Crippen molar-refractivity contribution < 1.29 is 14.6 Å². The van der Waals surface area contributed by atoms with Gasteiger partial charge in [-0.2, -0.15) is 5.06 Å². The molecule has 0 atom stereocenters. The first-order valence-electron chi connectivity index (χ1n) is 10.1. The van der Waals surface area contributed by atoms with E-state index in [2.05, 4.69) is 17.4 Å². The van der Waals surface area contributed by atoms with Crippen LogP contribution in [0, 0.1) is 10.1 Å². The third-order valence-electron chi connectivity index (χ3n) is 6.39. The topological polar surface area (TPSA) is 84.7 Å². The van der Waals surface area contributed by atoms with Crippen LogP contribution in [0.25, 0.3) is 0 Å². The van der Waals surface area contributed by atoms with E-state index in [4.69, 9.17) is 4.84 Å². The summed E-state index contributed by atoms with van der Waals surface area (Å²) in [5, 5.41) is 15.2. The van der Waals surface area contributed by atoms with Crippen LogP contribution in [0.4, 0.5) is 10.5 Å². The van der Waals surface area contributed by atoms with Crippen molar-refractivity contribution in [3.05, 3.63) is 111 Å². The number of hydrogen-bond donors (Lipinski definition) is 1. The van der Waals surface area contributed by atoms with E-state index in [1.165, 1.54) is 17.2 Å². The molecule has 156 valence electrons. The Kier molecular flexibility index (Phi) is 4.13. The average Bonchev–Trinajstić information content (AvgIpc) is 2.79. The Morgan fingerprint density at radius 3 is 1.97 bits per heavy atom. The molecule has 0 spiro atoms. The van der Waals surface area contributed by atoms with E-state index in [0.717, 1.165) is 27.8 Å². The molecule has 31 heavy (non-hydrogen) atoms. The second-order valence-electron chi connectivity index (χ2n) is 8.16. The fourth-order valence-electron chi connectivity index (χ4n) is 4.76. The summed E-state index contributed by atoms with van der Waals surface area (Å²) in [4.78, 5) is 30.0. The van der Waals surface area contributed by atoms with Gasteiger partial charge in [-0.3, -0.25) is 15.0 Å². The third kappa shape index (κ3) is 2.67. The predicted molar refractivity (Wildman–Crippen MR) is 114 cm³/mol. The molecule has 2 bridgehead atoms. The van der Waals surface area contributed by atoms with Gasteiger partial charge >= 0.3 is 6.03 Å². The normalized spacial score (nSPS) is 23.1. The number of urea groups is 1. The van der Waals surface area contributed by atoms with Gasteiger partial charge in [-0.1, -0.05) is 60.7 Å². The zero-order valence-electron chi connectivity index (χ0n) is 17.2. The number of amides is 2. The van der Waals surface area contributed by atoms with Gasteiger partial charge in [0.25, 0.3) is 5.69 Å². The summed E-state index contributed by atoms with van der Waals surface area (Å²) in [5.74, 6) is 0. The molecule has 2 amide bonds. The largest absolute Gasteiger partial charge is 0.342 e. The van der Waals surface area contributed by atoms with E-state index in [1.54, 1.807) is 12.1 Å². The molecule has 7 nitrogen and oxygen atoms in total. The first kappa shape index (κ1) is 19.3. The van der Waals surface area contributed by atoms with Gasteiger partial charge in [0.2, 0.25) is 0 Å². The van der Waals surface area contributed by atoms with Gasteiger partial charge in [0.1, 0.15) is 11.1 Å². The number of nitro groups is 1. The van der Waals surface area contributed by atoms with Crippen molar-refractivity contribution in [2.45, 2.75) is 31.5 Å². The van der Waals surface area contributed by atoms with Crippen LogP contribution in [-0.4, -0.2) is 16.0 Å². The van der Waals surface area contributed by atoms with Gasteiger partial charge in [-0.25, -0.2) is 4.79 Å². The van der Waals surface area contributed by atoms with Gasteiger partial charge in [-0.15, -0.1) is 0 Å². The van der Waals surface area contributed by atoms with Crippen LogP contribution < -0.4 is 5.32 Å². The zero-order valence-corrected chi connectivity index (χ0v) is 17.2. The lowest BCUT2D eigenvalue weighted by Gasteiger charge is -2.57. The van der Waals surface area contributed by atoms with Gasteiger partial charge in [0.05, 0.1) is 4.92 Å². The van der Waals surface area contributed by atoms with Crippen molar-refractivity contribution in [1.82, 2.24) is 10.4 Å². The summed E-state index contributed by atoms with van der Waals surface area (Å²) in [6, 6.07) is 21.9. The van der Waals surface area contributed by atoms with E-state index in [0.29, 0.717) is 0 Å². The molecule has 1 aliphatic carbocycles. The molecule has 2 aliphatic heterocycles. The molecule has 6 rings (SSSR count). The number of hydrogen-bond acceptors (Lipinski definition) is 4. The lowest BCUT2D eigenvalue weighted by atomic mass is 9.65. The summed E-state index contributed by atoms with van der Waals surface area (Å²) >= 11 is 0. The van der Waals surface area contributed by atoms with Crippen molar-refractivity contribution >= 4 is 11.7 Å². The number of non-ortho nitro benzene ring substituents is 1. The number of carbonyl (C=O) groups is 1. The first-order chi connectivity index (χ1) is 14.9. The Bertz CT molecular complexity index is 1160. The standard InChI is InChI=1S/C24H21N3O4/c1-23-18-7-3-5-9-20(18)24(2,21-10-6-4-8-19(21)23)31-26(23)22(28)25-15-16-11-13-17(14-12-16)27(29)30/h3-14H,15H2,1-2H3,(H,25,28). The fourth-order valence-corrected chi connectivity index (χ4v) is 4.76. The zero-order chi connectivity index (χ0) is 21.8. The molecule has 3 aromatic carbocycles. The third-order valence-corrected chi connectivity index (χ3v) is 6.39. The maximum atomic E-state index is 13.3. The Morgan fingerprint density at radius 1 is 0.935 bits per heavy atom. The highest BCUT2D eigenvalue weighted by Gasteiger charge is 2.58. The minimum Gasteiger partial charge on any atom is -0.332 e. The number of benzene rings is 3. The molecule has 0 radical (unpaired) electrons. The smallest absolute Gasteiger partial charge is 0.332 e. The number of hydroxylamine groups is 2. The molecular weight excluding hydrogens is 394 g/mol. The summed E-state index contributed by atoms with van der Waals surface area (Å²) in [5.41, 5.74) is 3.38. The minimum absolute atomic E-state index is 0.0143. The second-order valence-corrected chi connectivity index (χ2v) is 8.16. The van der Waals surface area contributed by atoms with Crippen LogP contribution in [0.1, 0.15) is 41.7 Å². The van der Waals surface area contributed by atoms with Crippen molar-refractivity contribution in [2.24, 2.45) is 0 Å². The number of carbonyl (C=O) groups excluding carboxylic acids is 1. The Balaban J connectivity index is 1.48. The number of nitrogens with one attached hydrogen (secondary N) is 1. The summed E-state index contributed by atoms with van der Waals surface area (Å²) < 4.78 is 0. The van der Waals surface area contributed by atoms with Crippen molar-refractivity contribution in [3.8, 4) is 0 Å². The molecule has 0 unspecified atom stereocenters. The summed E-state index contributed by atoms with van der Waals surface area (Å²) in [6.07, 6.45) is 0. The number of rotatable bonds is 3. The van der Waals surface area contributed by atoms with E-state index in [-0.39, 0.29) is 18.3 Å². The van der Waals surface area contributed by atoms with E-state index in [1.807, 2.05) is 50.2 Å². The molecule has 3 aromatic rings. The predicted octanol–water partition coefficient (Wildman–Crippen LogP) is 4.59. The van der Waals surface area contributed by atoms with Crippen LogP contribution in [-0.2, 0) is 22.5 Å². The van der Waals surface area contributed by atoms with Crippen molar-refractivity contribution in [1.29, 1.82) is 0 Å². The average molecular weight is 415 g/mol. The summed E-state index contributed by atoms with van der Waals surface area (Å²) in [6.45, 7) is 4.21. The van der Waals surface area contributed by atoms with E-state index in [9.17, 15) is 14.9 Å². The Labute approximate surface area is 179 Å². The molecule has 3 aliphatic rings. The van der Waals surface area contributed by atoms with Gasteiger partial charge in [0, 0.05) is 18.7 Å². The second kappa shape index (κ2) is 6.65. The quantitative estimate of drug-likeness (QED) is 0.501. The number of nitro benzene ring substituents is 1. The molecular formula is C24H21N3O4. The molecule has 0 fully saturated rings.